The van der Waals surface area contributed by atoms with Crippen molar-refractivity contribution in [3.8, 4) is 5.75 Å². The molecule has 1 saturated carbocycles. The number of nitrogens with one attached hydrogen (secondary N) is 1. The fourth-order valence-electron chi connectivity index (χ4n) is 4.43. The second kappa shape index (κ2) is 9.09. The van der Waals surface area contributed by atoms with Gasteiger partial charge in [-0.25, -0.2) is 0 Å². The van der Waals surface area contributed by atoms with Crippen molar-refractivity contribution in [1.82, 2.24) is 14.7 Å². The number of methoxy groups -OCH3 is 1. The highest BCUT2D eigenvalue weighted by Crippen LogP contribution is 2.46. The lowest BCUT2D eigenvalue weighted by atomic mass is 10.1. The number of halogens is 1. The number of hydrogen-bond donors (Lipinski definition) is 1. The Morgan fingerprint density at radius 3 is 2.45 bits per heavy atom. The highest BCUT2D eigenvalue weighted by Gasteiger charge is 2.36. The smallest absolute Gasteiger partial charge is 0.246 e. The van der Waals surface area contributed by atoms with Crippen molar-refractivity contribution >= 4 is 29.1 Å². The third-order valence-electron chi connectivity index (χ3n) is 6.57. The van der Waals surface area contributed by atoms with Gasteiger partial charge in [0, 0.05) is 56.4 Å². The second-order valence-electron chi connectivity index (χ2n) is 8.68. The SMILES string of the molecule is C=CC(=O)N1CC(N2CCN(C(=O)C(C)Nc3cc(C4CC4)c(Cl)cc3OC)CC2)C1. The maximum Gasteiger partial charge on any atom is 0.246 e. The molecule has 7 nitrogen and oxygen atoms in total. The molecule has 2 amide bonds. The Bertz CT molecular complexity index is 859. The number of anilines is 1. The van der Waals surface area contributed by atoms with Gasteiger partial charge >= 0.3 is 0 Å². The molecule has 0 bridgehead atoms. The summed E-state index contributed by atoms with van der Waals surface area (Å²) in [6, 6.07) is 3.90. The normalized spacial score (nSPS) is 20.7. The van der Waals surface area contributed by atoms with Gasteiger partial charge in [-0.3, -0.25) is 14.5 Å². The topological polar surface area (TPSA) is 65.1 Å². The average Bonchev–Trinajstić information content (AvgIpc) is 3.58. The largest absolute Gasteiger partial charge is 0.495 e. The molecule has 1 N–H and O–H groups in total. The van der Waals surface area contributed by atoms with E-state index < -0.39 is 0 Å². The lowest BCUT2D eigenvalue weighted by molar-refractivity contribution is -0.136. The van der Waals surface area contributed by atoms with Crippen molar-refractivity contribution in [2.45, 2.75) is 37.8 Å². The van der Waals surface area contributed by atoms with Gasteiger partial charge in [-0.2, -0.15) is 0 Å². The summed E-state index contributed by atoms with van der Waals surface area (Å²) < 4.78 is 5.49. The van der Waals surface area contributed by atoms with E-state index in [1.165, 1.54) is 6.08 Å². The molecule has 1 unspecified atom stereocenters. The molecule has 1 aromatic carbocycles. The fraction of sp³-hybridized carbons (Fsp3) is 0.565. The lowest BCUT2D eigenvalue weighted by Gasteiger charge is -2.48. The molecular formula is C23H31ClN4O3. The summed E-state index contributed by atoms with van der Waals surface area (Å²) in [5.74, 6) is 1.25. The maximum atomic E-state index is 13.1. The molecule has 1 atom stereocenters. The number of carbonyl (C=O) groups is 2. The zero-order valence-corrected chi connectivity index (χ0v) is 19.0. The number of likely N-dealkylation sites (tertiary alicyclic amines) is 1. The summed E-state index contributed by atoms with van der Waals surface area (Å²) in [6.45, 7) is 9.97. The molecule has 2 heterocycles. The third kappa shape index (κ3) is 4.67. The molecule has 4 rings (SSSR count). The molecule has 2 aliphatic heterocycles. The Hall–Kier alpha value is -2.25. The minimum Gasteiger partial charge on any atom is -0.495 e. The maximum absolute atomic E-state index is 13.1. The Morgan fingerprint density at radius 2 is 1.87 bits per heavy atom. The fourth-order valence-corrected chi connectivity index (χ4v) is 4.74. The minimum absolute atomic E-state index is 0.00701. The van der Waals surface area contributed by atoms with E-state index >= 15 is 0 Å². The van der Waals surface area contributed by atoms with E-state index in [0.29, 0.717) is 30.8 Å². The molecule has 2 saturated heterocycles. The highest BCUT2D eigenvalue weighted by molar-refractivity contribution is 6.31. The van der Waals surface area contributed by atoms with E-state index in [2.05, 4.69) is 16.8 Å². The van der Waals surface area contributed by atoms with Crippen molar-refractivity contribution in [1.29, 1.82) is 0 Å². The molecule has 168 valence electrons. The molecule has 0 aromatic heterocycles. The van der Waals surface area contributed by atoms with E-state index in [4.69, 9.17) is 16.3 Å². The number of amides is 2. The number of carbonyl (C=O) groups excluding carboxylic acids is 2. The van der Waals surface area contributed by atoms with Gasteiger partial charge in [0.25, 0.3) is 0 Å². The Balaban J connectivity index is 1.31. The van der Waals surface area contributed by atoms with Crippen LogP contribution in [0.5, 0.6) is 5.75 Å². The first-order chi connectivity index (χ1) is 14.9. The van der Waals surface area contributed by atoms with Crippen LogP contribution in [0.25, 0.3) is 0 Å². The molecular weight excluding hydrogens is 416 g/mol. The predicted octanol–water partition coefficient (Wildman–Crippen LogP) is 2.57. The summed E-state index contributed by atoms with van der Waals surface area (Å²) in [7, 11) is 1.61. The van der Waals surface area contributed by atoms with Crippen LogP contribution in [0.1, 0.15) is 31.2 Å². The van der Waals surface area contributed by atoms with Gasteiger partial charge in [0.15, 0.2) is 0 Å². The van der Waals surface area contributed by atoms with Crippen LogP contribution in [0.15, 0.2) is 24.8 Å². The van der Waals surface area contributed by atoms with Crippen LogP contribution in [-0.2, 0) is 9.59 Å². The van der Waals surface area contributed by atoms with Crippen molar-refractivity contribution in [3.05, 3.63) is 35.4 Å². The number of ether oxygens (including phenoxy) is 1. The Morgan fingerprint density at radius 1 is 1.19 bits per heavy atom. The van der Waals surface area contributed by atoms with Gasteiger partial charge in [-0.15, -0.1) is 0 Å². The van der Waals surface area contributed by atoms with Gasteiger partial charge in [-0.05, 0) is 43.4 Å². The van der Waals surface area contributed by atoms with Crippen molar-refractivity contribution in [3.63, 3.8) is 0 Å². The number of benzene rings is 1. The highest BCUT2D eigenvalue weighted by atomic mass is 35.5. The number of nitrogens with zero attached hydrogens (tertiary/aromatic N) is 3. The summed E-state index contributed by atoms with van der Waals surface area (Å²) >= 11 is 6.41. The first kappa shape index (κ1) is 22.0. The molecule has 3 fully saturated rings. The summed E-state index contributed by atoms with van der Waals surface area (Å²) in [6.07, 6.45) is 3.68. The van der Waals surface area contributed by atoms with E-state index in [9.17, 15) is 9.59 Å². The molecule has 1 aromatic rings. The van der Waals surface area contributed by atoms with Gasteiger partial charge < -0.3 is 19.9 Å². The monoisotopic (exact) mass is 446 g/mol. The zero-order chi connectivity index (χ0) is 22.1. The molecule has 0 radical (unpaired) electrons. The van der Waals surface area contributed by atoms with E-state index in [-0.39, 0.29) is 17.9 Å². The van der Waals surface area contributed by atoms with Crippen LogP contribution in [-0.4, -0.2) is 85.0 Å². The van der Waals surface area contributed by atoms with Crippen molar-refractivity contribution < 1.29 is 14.3 Å². The summed E-state index contributed by atoms with van der Waals surface area (Å²) in [4.78, 5) is 30.8. The average molecular weight is 447 g/mol. The first-order valence-corrected chi connectivity index (χ1v) is 11.4. The standard InChI is InChI=1S/C23H31ClN4O3/c1-4-22(29)28-13-17(14-28)26-7-9-27(10-8-26)23(30)15(2)25-20-11-18(16-5-6-16)19(24)12-21(20)31-3/h4,11-12,15-17,25H,1,5-10,13-14H2,2-3H3. The van der Waals surface area contributed by atoms with Gasteiger partial charge in [0.1, 0.15) is 11.8 Å². The first-order valence-electron chi connectivity index (χ1n) is 11.0. The zero-order valence-electron chi connectivity index (χ0n) is 18.3. The van der Waals surface area contributed by atoms with Crippen LogP contribution in [0.3, 0.4) is 0 Å². The molecule has 1 aliphatic carbocycles. The van der Waals surface area contributed by atoms with Crippen LogP contribution in [0.2, 0.25) is 5.02 Å². The predicted molar refractivity (Wildman–Crippen MR) is 122 cm³/mol. The number of piperazine rings is 1. The lowest BCUT2D eigenvalue weighted by Crippen LogP contribution is -2.64. The van der Waals surface area contributed by atoms with Gasteiger partial charge in [-0.1, -0.05) is 18.2 Å². The molecule has 8 heteroatoms. The summed E-state index contributed by atoms with van der Waals surface area (Å²) in [5, 5.41) is 4.07. The molecule has 0 spiro atoms. The molecule has 3 aliphatic rings. The second-order valence-corrected chi connectivity index (χ2v) is 9.08. The van der Waals surface area contributed by atoms with Gasteiger partial charge in [0.2, 0.25) is 11.8 Å². The van der Waals surface area contributed by atoms with E-state index in [0.717, 1.165) is 55.3 Å². The van der Waals surface area contributed by atoms with Crippen molar-refractivity contribution in [2.24, 2.45) is 0 Å². The third-order valence-corrected chi connectivity index (χ3v) is 6.90. The van der Waals surface area contributed by atoms with E-state index in [1.807, 2.05) is 24.0 Å². The van der Waals surface area contributed by atoms with E-state index in [1.54, 1.807) is 12.0 Å². The number of hydrogen-bond acceptors (Lipinski definition) is 5. The van der Waals surface area contributed by atoms with Crippen LogP contribution < -0.4 is 10.1 Å². The molecule has 31 heavy (non-hydrogen) atoms. The van der Waals surface area contributed by atoms with Crippen LogP contribution >= 0.6 is 11.6 Å². The van der Waals surface area contributed by atoms with Crippen molar-refractivity contribution in [2.75, 3.05) is 51.7 Å². The van der Waals surface area contributed by atoms with Gasteiger partial charge in [0.05, 0.1) is 12.8 Å². The Kier molecular flexibility index (Phi) is 6.44. The summed E-state index contributed by atoms with van der Waals surface area (Å²) in [5.41, 5.74) is 1.94. The quantitative estimate of drug-likeness (QED) is 0.652. The number of rotatable bonds is 7. The minimum atomic E-state index is -0.363. The Labute approximate surface area is 188 Å². The van der Waals surface area contributed by atoms with Crippen LogP contribution in [0.4, 0.5) is 5.69 Å². The van der Waals surface area contributed by atoms with Crippen LogP contribution in [0, 0.1) is 0 Å².